The highest BCUT2D eigenvalue weighted by Gasteiger charge is 2.41. The largest absolute Gasteiger partial charge is 0.507 e. The lowest BCUT2D eigenvalue weighted by molar-refractivity contribution is 0.0879. The number of carbonyl (C=O) groups is 2. The molecule has 5 rings (SSSR count). The Hall–Kier alpha value is -4.28. The molecule has 0 radical (unpaired) electrons. The zero-order valence-electron chi connectivity index (χ0n) is 20.6. The second-order valence-corrected chi connectivity index (χ2v) is 10.5. The zero-order chi connectivity index (χ0) is 27.4. The topological polar surface area (TPSA) is 157 Å². The van der Waals surface area contributed by atoms with Crippen LogP contribution >= 0.6 is 0 Å². The first kappa shape index (κ1) is 25.4. The average Bonchev–Trinajstić information content (AvgIpc) is 3.19. The molecule has 4 N–H and O–H groups in total. The Kier molecular flexibility index (Phi) is 6.16. The molecule has 4 aromatic rings. The van der Waals surface area contributed by atoms with Crippen LogP contribution in [0, 0.1) is 0 Å². The summed E-state index contributed by atoms with van der Waals surface area (Å²) in [6.45, 7) is 3.38. The van der Waals surface area contributed by atoms with Crippen molar-refractivity contribution in [1.29, 1.82) is 0 Å². The van der Waals surface area contributed by atoms with Crippen molar-refractivity contribution in [2.75, 3.05) is 0 Å². The van der Waals surface area contributed by atoms with Crippen molar-refractivity contribution in [1.82, 2.24) is 5.32 Å². The molecule has 194 valence electrons. The maximum Gasteiger partial charge on any atom is 0.343 e. The molecule has 0 fully saturated rings. The maximum atomic E-state index is 13.3. The van der Waals surface area contributed by atoms with Gasteiger partial charge in [0.25, 0.3) is 11.8 Å². The summed E-state index contributed by atoms with van der Waals surface area (Å²) in [5, 5.41) is 19.6. The fraction of sp³-hybridized carbons (Fsp3) is 0.179. The summed E-state index contributed by atoms with van der Waals surface area (Å²) in [5.41, 5.74) is -0.233. The molecule has 0 spiro atoms. The lowest BCUT2D eigenvalue weighted by Gasteiger charge is -2.26. The van der Waals surface area contributed by atoms with Crippen LogP contribution in [-0.2, 0) is 16.4 Å². The van der Waals surface area contributed by atoms with E-state index in [-0.39, 0.29) is 67.8 Å². The van der Waals surface area contributed by atoms with E-state index in [4.69, 9.17) is 9.56 Å². The quantitative estimate of drug-likeness (QED) is 0.252. The van der Waals surface area contributed by atoms with Crippen molar-refractivity contribution in [3.8, 4) is 16.9 Å². The fourth-order valence-electron chi connectivity index (χ4n) is 5.41. The van der Waals surface area contributed by atoms with E-state index < -0.39 is 33.4 Å². The second-order valence-electron chi connectivity index (χ2n) is 9.00. The molecule has 1 atom stereocenters. The molecule has 2 amide bonds. The Balaban J connectivity index is 2.03. The first-order valence-corrected chi connectivity index (χ1v) is 13.6. The Morgan fingerprint density at radius 1 is 0.895 bits per heavy atom. The number of para-hydroxylation sites is 1. The molecule has 3 aromatic carbocycles. The minimum absolute atomic E-state index is 0.0445. The molecule has 2 heterocycles. The van der Waals surface area contributed by atoms with Crippen molar-refractivity contribution < 1.29 is 27.5 Å². The van der Waals surface area contributed by atoms with Gasteiger partial charge in [-0.1, -0.05) is 56.3 Å². The number of fused-ring (bicyclic) bond motifs is 2. The van der Waals surface area contributed by atoms with E-state index in [1.807, 2.05) is 0 Å². The van der Waals surface area contributed by atoms with Gasteiger partial charge in [-0.3, -0.25) is 14.9 Å². The number of imide groups is 1. The highest BCUT2D eigenvalue weighted by molar-refractivity contribution is 7.89. The highest BCUT2D eigenvalue weighted by Crippen LogP contribution is 2.47. The Morgan fingerprint density at radius 2 is 1.53 bits per heavy atom. The Morgan fingerprint density at radius 3 is 2.16 bits per heavy atom. The van der Waals surface area contributed by atoms with Crippen molar-refractivity contribution in [3.63, 3.8) is 0 Å². The first-order valence-electron chi connectivity index (χ1n) is 12.0. The standard InChI is InChI=1S/C28H24N2O7S/c1-3-15(22-24(31)17-12-8-9-13-18(17)37-28(22)34)20-19(14-10-6-5-7-11-14)25(38(29,35)36)16(4-2)21-23(20)27(33)30-26(21)32/h5-13,15,31H,3-4H2,1-2H3,(H2,29,35,36)(H,30,32,33). The van der Waals surface area contributed by atoms with Crippen LogP contribution in [0.4, 0.5) is 0 Å². The van der Waals surface area contributed by atoms with E-state index in [0.29, 0.717) is 5.56 Å². The molecular formula is C28H24N2O7S. The number of amides is 2. The van der Waals surface area contributed by atoms with Crippen LogP contribution in [-0.4, -0.2) is 25.3 Å². The molecule has 0 aliphatic carbocycles. The van der Waals surface area contributed by atoms with Crippen LogP contribution in [0.1, 0.15) is 63.6 Å². The number of sulfonamides is 1. The van der Waals surface area contributed by atoms with Gasteiger partial charge in [-0.2, -0.15) is 0 Å². The zero-order valence-corrected chi connectivity index (χ0v) is 21.4. The minimum Gasteiger partial charge on any atom is -0.507 e. The maximum absolute atomic E-state index is 13.3. The summed E-state index contributed by atoms with van der Waals surface area (Å²) in [5.74, 6) is -2.85. The van der Waals surface area contributed by atoms with Crippen LogP contribution < -0.4 is 16.1 Å². The highest BCUT2D eigenvalue weighted by atomic mass is 32.2. The van der Waals surface area contributed by atoms with Gasteiger partial charge in [-0.15, -0.1) is 0 Å². The van der Waals surface area contributed by atoms with Crippen molar-refractivity contribution in [2.45, 2.75) is 37.5 Å². The van der Waals surface area contributed by atoms with Gasteiger partial charge in [-0.25, -0.2) is 18.4 Å². The van der Waals surface area contributed by atoms with Crippen molar-refractivity contribution in [2.24, 2.45) is 5.14 Å². The number of benzene rings is 3. The molecule has 1 aromatic heterocycles. The lowest BCUT2D eigenvalue weighted by atomic mass is 9.78. The van der Waals surface area contributed by atoms with Crippen LogP contribution in [0.25, 0.3) is 22.1 Å². The molecule has 0 saturated carbocycles. The summed E-state index contributed by atoms with van der Waals surface area (Å²) in [4.78, 5) is 39.3. The van der Waals surface area contributed by atoms with Crippen LogP contribution in [0.5, 0.6) is 5.75 Å². The van der Waals surface area contributed by atoms with Gasteiger partial charge >= 0.3 is 5.63 Å². The predicted molar refractivity (Wildman–Crippen MR) is 141 cm³/mol. The van der Waals surface area contributed by atoms with Crippen molar-refractivity contribution >= 4 is 32.8 Å². The van der Waals surface area contributed by atoms with E-state index in [1.54, 1.807) is 62.4 Å². The smallest absolute Gasteiger partial charge is 0.343 e. The molecule has 9 nitrogen and oxygen atoms in total. The third-order valence-electron chi connectivity index (χ3n) is 6.90. The van der Waals surface area contributed by atoms with Crippen LogP contribution in [0.3, 0.4) is 0 Å². The average molecular weight is 533 g/mol. The number of aromatic hydroxyl groups is 1. The SMILES string of the molecule is CCc1c2c(c(C(CC)c3c(O)c4ccccc4oc3=O)c(-c3ccccc3)c1S(N)(=O)=O)C(=O)NC2=O. The molecule has 0 saturated heterocycles. The van der Waals surface area contributed by atoms with Gasteiger partial charge < -0.3 is 9.52 Å². The van der Waals surface area contributed by atoms with E-state index in [2.05, 4.69) is 5.32 Å². The first-order chi connectivity index (χ1) is 18.1. The van der Waals surface area contributed by atoms with Gasteiger partial charge in [0.1, 0.15) is 11.3 Å². The number of hydrogen-bond donors (Lipinski definition) is 3. The summed E-state index contributed by atoms with van der Waals surface area (Å²) < 4.78 is 31.8. The third kappa shape index (κ3) is 3.80. The normalized spacial score (nSPS) is 14.0. The lowest BCUT2D eigenvalue weighted by Crippen LogP contribution is -2.23. The van der Waals surface area contributed by atoms with Crippen LogP contribution in [0.15, 0.2) is 68.7 Å². The monoisotopic (exact) mass is 532 g/mol. The third-order valence-corrected chi connectivity index (χ3v) is 7.92. The Labute approximate surface area is 218 Å². The fourth-order valence-corrected chi connectivity index (χ4v) is 6.51. The molecule has 1 unspecified atom stereocenters. The van der Waals surface area contributed by atoms with Gasteiger partial charge in [0.15, 0.2) is 0 Å². The summed E-state index contributed by atoms with van der Waals surface area (Å²) in [6.07, 6.45) is 0.245. The minimum atomic E-state index is -4.44. The van der Waals surface area contributed by atoms with E-state index in [0.717, 1.165) is 0 Å². The summed E-state index contributed by atoms with van der Waals surface area (Å²) >= 11 is 0. The molecular weight excluding hydrogens is 508 g/mol. The molecule has 38 heavy (non-hydrogen) atoms. The van der Waals surface area contributed by atoms with E-state index in [1.165, 1.54) is 6.07 Å². The molecule has 0 bridgehead atoms. The number of rotatable bonds is 6. The van der Waals surface area contributed by atoms with Gasteiger partial charge in [0.05, 0.1) is 27.0 Å². The predicted octanol–water partition coefficient (Wildman–Crippen LogP) is 3.80. The van der Waals surface area contributed by atoms with Crippen LogP contribution in [0.2, 0.25) is 0 Å². The number of carbonyl (C=O) groups excluding carboxylic acids is 2. The summed E-state index contributed by atoms with van der Waals surface area (Å²) in [6, 6.07) is 14.9. The van der Waals surface area contributed by atoms with Crippen molar-refractivity contribution in [3.05, 3.63) is 92.8 Å². The Bertz CT molecular complexity index is 1810. The van der Waals surface area contributed by atoms with Gasteiger partial charge in [0, 0.05) is 11.5 Å². The second kappa shape index (κ2) is 9.23. The summed E-state index contributed by atoms with van der Waals surface area (Å²) in [7, 11) is -4.44. The van der Waals surface area contributed by atoms with Gasteiger partial charge in [-0.05, 0) is 41.7 Å². The van der Waals surface area contributed by atoms with Gasteiger partial charge in [0.2, 0.25) is 10.0 Å². The number of hydrogen-bond acceptors (Lipinski definition) is 7. The van der Waals surface area contributed by atoms with E-state index in [9.17, 15) is 27.9 Å². The number of nitrogens with one attached hydrogen (secondary N) is 1. The molecule has 1 aliphatic rings. The number of nitrogens with two attached hydrogens (primary N) is 1. The molecule has 1 aliphatic heterocycles. The number of primary sulfonamides is 1. The molecule has 10 heteroatoms. The van der Waals surface area contributed by atoms with E-state index >= 15 is 0 Å².